The summed E-state index contributed by atoms with van der Waals surface area (Å²) in [5.74, 6) is 1.43. The molecule has 0 aliphatic rings. The van der Waals surface area contributed by atoms with E-state index in [9.17, 15) is 0 Å². The summed E-state index contributed by atoms with van der Waals surface area (Å²) < 4.78 is 11.6. The zero-order valence-electron chi connectivity index (χ0n) is 13.1. The molecule has 0 atom stereocenters. The number of nitrogens with one attached hydrogen (secondary N) is 1. The third-order valence-corrected chi connectivity index (χ3v) is 4.35. The molecule has 0 heterocycles. The third-order valence-electron chi connectivity index (χ3n) is 3.77. The molecule has 0 fully saturated rings. The maximum Gasteiger partial charge on any atom is 0.174 e. The average molecular weight is 372 g/mol. The van der Waals surface area contributed by atoms with Gasteiger partial charge in [-0.1, -0.05) is 36.4 Å². The van der Waals surface area contributed by atoms with E-state index in [1.165, 1.54) is 10.8 Å². The van der Waals surface area contributed by atoms with Crippen LogP contribution in [-0.4, -0.2) is 14.2 Å². The molecule has 0 saturated heterocycles. The van der Waals surface area contributed by atoms with Crippen molar-refractivity contribution in [1.82, 2.24) is 0 Å². The molecule has 118 valence electrons. The van der Waals surface area contributed by atoms with Crippen molar-refractivity contribution in [2.45, 2.75) is 6.54 Å². The summed E-state index contributed by atoms with van der Waals surface area (Å²) in [5, 5.41) is 5.95. The fourth-order valence-corrected chi connectivity index (χ4v) is 3.30. The van der Waals surface area contributed by atoms with E-state index in [2.05, 4.69) is 63.7 Å². The Kier molecular flexibility index (Phi) is 4.72. The van der Waals surface area contributed by atoms with Gasteiger partial charge in [0.15, 0.2) is 11.5 Å². The largest absolute Gasteiger partial charge is 0.493 e. The lowest BCUT2D eigenvalue weighted by Gasteiger charge is -2.14. The molecule has 4 heteroatoms. The van der Waals surface area contributed by atoms with Crippen LogP contribution in [0, 0.1) is 0 Å². The van der Waals surface area contributed by atoms with Crippen LogP contribution in [0.4, 0.5) is 5.69 Å². The van der Waals surface area contributed by atoms with E-state index < -0.39 is 0 Å². The summed E-state index contributed by atoms with van der Waals surface area (Å²) in [5.41, 5.74) is 2.23. The lowest BCUT2D eigenvalue weighted by atomic mass is 10.1. The van der Waals surface area contributed by atoms with E-state index in [0.29, 0.717) is 12.3 Å². The molecule has 0 aromatic heterocycles. The Morgan fingerprint density at radius 1 is 0.957 bits per heavy atom. The van der Waals surface area contributed by atoms with E-state index in [0.717, 1.165) is 21.5 Å². The molecule has 0 amide bonds. The Balaban J connectivity index is 1.87. The van der Waals surface area contributed by atoms with Gasteiger partial charge in [0.05, 0.1) is 18.7 Å². The van der Waals surface area contributed by atoms with Crippen LogP contribution in [0.5, 0.6) is 11.5 Å². The first-order valence-electron chi connectivity index (χ1n) is 7.35. The summed E-state index contributed by atoms with van der Waals surface area (Å²) in [6.07, 6.45) is 0. The van der Waals surface area contributed by atoms with Crippen molar-refractivity contribution >= 4 is 32.4 Å². The molecule has 0 saturated carbocycles. The van der Waals surface area contributed by atoms with Gasteiger partial charge in [0.1, 0.15) is 0 Å². The predicted octanol–water partition coefficient (Wildman–Crippen LogP) is 5.23. The second-order valence-electron chi connectivity index (χ2n) is 5.19. The summed E-state index contributed by atoms with van der Waals surface area (Å²) in [6, 6.07) is 18.7. The van der Waals surface area contributed by atoms with Gasteiger partial charge in [0.2, 0.25) is 0 Å². The summed E-state index contributed by atoms with van der Waals surface area (Å²) in [6.45, 7) is 0.701. The minimum absolute atomic E-state index is 0.701. The quantitative estimate of drug-likeness (QED) is 0.665. The lowest BCUT2D eigenvalue weighted by Crippen LogP contribution is -2.01. The highest BCUT2D eigenvalue weighted by Crippen LogP contribution is 2.36. The highest BCUT2D eigenvalue weighted by molar-refractivity contribution is 9.10. The Labute approximate surface area is 144 Å². The van der Waals surface area contributed by atoms with Crippen molar-refractivity contribution < 1.29 is 9.47 Å². The van der Waals surface area contributed by atoms with Gasteiger partial charge in [-0.05, 0) is 45.1 Å². The Morgan fingerprint density at radius 3 is 2.52 bits per heavy atom. The molecule has 3 nitrogen and oxygen atoms in total. The predicted molar refractivity (Wildman–Crippen MR) is 98.5 cm³/mol. The smallest absolute Gasteiger partial charge is 0.174 e. The van der Waals surface area contributed by atoms with Crippen molar-refractivity contribution in [1.29, 1.82) is 0 Å². The van der Waals surface area contributed by atoms with Crippen LogP contribution < -0.4 is 14.8 Å². The molecule has 23 heavy (non-hydrogen) atoms. The van der Waals surface area contributed by atoms with Crippen LogP contribution >= 0.6 is 15.9 Å². The molecule has 0 spiro atoms. The first kappa shape index (κ1) is 15.7. The minimum Gasteiger partial charge on any atom is -0.493 e. The second kappa shape index (κ2) is 6.92. The fourth-order valence-electron chi connectivity index (χ4n) is 2.65. The Bertz CT molecular complexity index is 827. The molecule has 0 aliphatic heterocycles. The van der Waals surface area contributed by atoms with E-state index in [1.807, 2.05) is 12.1 Å². The van der Waals surface area contributed by atoms with Crippen molar-refractivity contribution in [3.05, 3.63) is 64.6 Å². The number of hydrogen-bond acceptors (Lipinski definition) is 3. The van der Waals surface area contributed by atoms with E-state index in [4.69, 9.17) is 9.47 Å². The van der Waals surface area contributed by atoms with Crippen LogP contribution in [-0.2, 0) is 6.54 Å². The van der Waals surface area contributed by atoms with Crippen molar-refractivity contribution in [2.24, 2.45) is 0 Å². The summed E-state index contributed by atoms with van der Waals surface area (Å²) in [7, 11) is 3.28. The highest BCUT2D eigenvalue weighted by atomic mass is 79.9. The standard InChI is InChI=1S/C19H18BrNO2/c1-22-18-11-13(10-16(20)19(18)23-2)12-21-17-9-5-7-14-6-3-4-8-15(14)17/h3-11,21H,12H2,1-2H3. The summed E-state index contributed by atoms with van der Waals surface area (Å²) >= 11 is 3.53. The normalized spacial score (nSPS) is 10.6. The number of benzene rings is 3. The SMILES string of the molecule is COc1cc(CNc2cccc3ccccc23)cc(Br)c1OC. The minimum atomic E-state index is 0.701. The molecular weight excluding hydrogens is 354 g/mol. The monoisotopic (exact) mass is 371 g/mol. The molecule has 3 rings (SSSR count). The van der Waals surface area contributed by atoms with Crippen LogP contribution in [0.2, 0.25) is 0 Å². The van der Waals surface area contributed by atoms with Crippen molar-refractivity contribution in [3.63, 3.8) is 0 Å². The zero-order chi connectivity index (χ0) is 16.2. The molecule has 0 bridgehead atoms. The first-order chi connectivity index (χ1) is 11.2. The van der Waals surface area contributed by atoms with Crippen LogP contribution in [0.3, 0.4) is 0 Å². The van der Waals surface area contributed by atoms with Gasteiger partial charge < -0.3 is 14.8 Å². The highest BCUT2D eigenvalue weighted by Gasteiger charge is 2.10. The second-order valence-corrected chi connectivity index (χ2v) is 6.05. The molecule has 1 N–H and O–H groups in total. The Morgan fingerprint density at radius 2 is 1.74 bits per heavy atom. The van der Waals surface area contributed by atoms with Gasteiger partial charge in [-0.3, -0.25) is 0 Å². The lowest BCUT2D eigenvalue weighted by molar-refractivity contribution is 0.352. The summed E-state index contributed by atoms with van der Waals surface area (Å²) in [4.78, 5) is 0. The number of rotatable bonds is 5. The average Bonchev–Trinajstić information content (AvgIpc) is 2.59. The molecule has 0 aliphatic carbocycles. The number of fused-ring (bicyclic) bond motifs is 1. The zero-order valence-corrected chi connectivity index (χ0v) is 14.7. The number of hydrogen-bond donors (Lipinski definition) is 1. The maximum absolute atomic E-state index is 5.40. The fraction of sp³-hybridized carbons (Fsp3) is 0.158. The first-order valence-corrected chi connectivity index (χ1v) is 8.14. The van der Waals surface area contributed by atoms with Gasteiger partial charge in [0, 0.05) is 17.6 Å². The molecule has 0 unspecified atom stereocenters. The van der Waals surface area contributed by atoms with E-state index >= 15 is 0 Å². The molecular formula is C19H18BrNO2. The molecule has 3 aromatic carbocycles. The van der Waals surface area contributed by atoms with Crippen molar-refractivity contribution in [3.8, 4) is 11.5 Å². The third kappa shape index (κ3) is 3.27. The Hall–Kier alpha value is -2.20. The number of methoxy groups -OCH3 is 2. The topological polar surface area (TPSA) is 30.5 Å². The van der Waals surface area contributed by atoms with Crippen molar-refractivity contribution in [2.75, 3.05) is 19.5 Å². The number of ether oxygens (including phenoxy) is 2. The number of anilines is 1. The van der Waals surface area contributed by atoms with Crippen LogP contribution in [0.1, 0.15) is 5.56 Å². The van der Waals surface area contributed by atoms with Crippen LogP contribution in [0.25, 0.3) is 10.8 Å². The van der Waals surface area contributed by atoms with Gasteiger partial charge >= 0.3 is 0 Å². The molecule has 0 radical (unpaired) electrons. The van der Waals surface area contributed by atoms with Gasteiger partial charge in [0.25, 0.3) is 0 Å². The number of halogens is 1. The van der Waals surface area contributed by atoms with Gasteiger partial charge in [-0.15, -0.1) is 0 Å². The van der Waals surface area contributed by atoms with Crippen LogP contribution in [0.15, 0.2) is 59.1 Å². The van der Waals surface area contributed by atoms with E-state index in [-0.39, 0.29) is 0 Å². The van der Waals surface area contributed by atoms with Gasteiger partial charge in [-0.25, -0.2) is 0 Å². The van der Waals surface area contributed by atoms with E-state index in [1.54, 1.807) is 14.2 Å². The molecule has 3 aromatic rings. The maximum atomic E-state index is 5.40. The van der Waals surface area contributed by atoms with Gasteiger partial charge in [-0.2, -0.15) is 0 Å².